The third-order valence-corrected chi connectivity index (χ3v) is 4.97. The highest BCUT2D eigenvalue weighted by Crippen LogP contribution is 2.42. The fourth-order valence-corrected chi connectivity index (χ4v) is 3.40. The summed E-state index contributed by atoms with van der Waals surface area (Å²) in [4.78, 5) is 12.5. The van der Waals surface area contributed by atoms with E-state index in [2.05, 4.69) is 0 Å². The Kier molecular flexibility index (Phi) is 5.12. The fourth-order valence-electron chi connectivity index (χ4n) is 3.40. The number of phenols is 2. The minimum Gasteiger partial charge on any atom is -0.504 e. The summed E-state index contributed by atoms with van der Waals surface area (Å²) in [6.07, 6.45) is -6.58. The Balaban J connectivity index is 1.76. The van der Waals surface area contributed by atoms with Crippen LogP contribution in [0.2, 0.25) is 0 Å². The lowest BCUT2D eigenvalue weighted by Gasteiger charge is -2.19. The van der Waals surface area contributed by atoms with E-state index in [0.29, 0.717) is 5.56 Å². The van der Waals surface area contributed by atoms with Crippen molar-refractivity contribution in [3.8, 4) is 28.6 Å². The summed E-state index contributed by atoms with van der Waals surface area (Å²) in [5.41, 5.74) is -0.00746. The Morgan fingerprint density at radius 2 is 1.73 bits per heavy atom. The zero-order valence-electron chi connectivity index (χ0n) is 15.8. The van der Waals surface area contributed by atoms with E-state index in [1.54, 1.807) is 30.3 Å². The van der Waals surface area contributed by atoms with E-state index in [9.17, 15) is 30.3 Å². The molecule has 158 valence electrons. The molecule has 0 spiro atoms. The molecule has 2 heterocycles. The second-order valence-corrected chi connectivity index (χ2v) is 7.09. The molecular formula is C21H20O9. The molecular weight excluding hydrogens is 396 g/mol. The van der Waals surface area contributed by atoms with Gasteiger partial charge >= 0.3 is 0 Å². The highest BCUT2D eigenvalue weighted by molar-refractivity contribution is 5.89. The van der Waals surface area contributed by atoms with Crippen LogP contribution in [0.4, 0.5) is 0 Å². The number of hydrogen-bond donors (Lipinski definition) is 5. The van der Waals surface area contributed by atoms with Crippen LogP contribution in [0.1, 0.15) is 6.92 Å². The molecule has 30 heavy (non-hydrogen) atoms. The van der Waals surface area contributed by atoms with E-state index in [1.807, 2.05) is 0 Å². The van der Waals surface area contributed by atoms with Gasteiger partial charge in [0.15, 0.2) is 16.9 Å². The SMILES string of the molecule is C[C@@H](O)C1OC(Oc2cc3oc(-c4ccccc4)cc(=O)c3c(O)c2O)C(O)C1O. The van der Waals surface area contributed by atoms with Gasteiger partial charge in [0, 0.05) is 17.7 Å². The summed E-state index contributed by atoms with van der Waals surface area (Å²) in [6.45, 7) is 1.38. The first-order valence-electron chi connectivity index (χ1n) is 9.22. The van der Waals surface area contributed by atoms with Crippen molar-refractivity contribution in [3.63, 3.8) is 0 Å². The predicted octanol–water partition coefficient (Wildman–Crippen LogP) is 1.08. The zero-order chi connectivity index (χ0) is 21.6. The van der Waals surface area contributed by atoms with Gasteiger partial charge in [-0.25, -0.2) is 0 Å². The van der Waals surface area contributed by atoms with Gasteiger partial charge in [0.1, 0.15) is 35.0 Å². The maximum Gasteiger partial charge on any atom is 0.229 e. The molecule has 3 aromatic rings. The van der Waals surface area contributed by atoms with E-state index >= 15 is 0 Å². The molecule has 0 saturated carbocycles. The van der Waals surface area contributed by atoms with Crippen LogP contribution in [0.5, 0.6) is 17.2 Å². The third-order valence-electron chi connectivity index (χ3n) is 4.97. The first-order chi connectivity index (χ1) is 14.3. The van der Waals surface area contributed by atoms with Gasteiger partial charge in [0.2, 0.25) is 12.0 Å². The van der Waals surface area contributed by atoms with Crippen molar-refractivity contribution in [3.05, 3.63) is 52.7 Å². The first-order valence-corrected chi connectivity index (χ1v) is 9.22. The largest absolute Gasteiger partial charge is 0.504 e. The molecule has 9 heteroatoms. The maximum atomic E-state index is 12.5. The van der Waals surface area contributed by atoms with E-state index in [-0.39, 0.29) is 22.5 Å². The van der Waals surface area contributed by atoms with Gasteiger partial charge in [-0.15, -0.1) is 0 Å². The van der Waals surface area contributed by atoms with Gasteiger partial charge in [0.05, 0.1) is 6.10 Å². The highest BCUT2D eigenvalue weighted by atomic mass is 16.7. The van der Waals surface area contributed by atoms with Crippen molar-refractivity contribution in [1.29, 1.82) is 0 Å². The Bertz CT molecular complexity index is 1120. The molecule has 0 radical (unpaired) electrons. The number of aliphatic hydroxyl groups excluding tert-OH is 3. The van der Waals surface area contributed by atoms with Crippen molar-refractivity contribution in [2.24, 2.45) is 0 Å². The number of rotatable bonds is 4. The average Bonchev–Trinajstić information content (AvgIpc) is 3.00. The lowest BCUT2D eigenvalue weighted by molar-refractivity contribution is -0.129. The minimum absolute atomic E-state index is 0.0632. The molecule has 4 unspecified atom stereocenters. The molecule has 0 bridgehead atoms. The highest BCUT2D eigenvalue weighted by Gasteiger charge is 2.46. The Morgan fingerprint density at radius 1 is 1.03 bits per heavy atom. The minimum atomic E-state index is -1.52. The van der Waals surface area contributed by atoms with Gasteiger partial charge in [-0.3, -0.25) is 4.79 Å². The molecule has 4 rings (SSSR count). The van der Waals surface area contributed by atoms with Crippen LogP contribution in [0.3, 0.4) is 0 Å². The standard InChI is InChI=1S/C21H20O9/c1-9(22)20-18(26)19(27)21(30-20)29-14-8-13-15(17(25)16(14)24)11(23)7-12(28-13)10-5-3-2-4-6-10/h2-9,18-22,24-27H,1H3/t9-,18?,19?,20?,21?/m1/s1. The van der Waals surface area contributed by atoms with E-state index in [1.165, 1.54) is 19.1 Å². The summed E-state index contributed by atoms with van der Waals surface area (Å²) in [5, 5.41) is 50.1. The fraction of sp³-hybridized carbons (Fsp3) is 0.286. The van der Waals surface area contributed by atoms with Gasteiger partial charge in [-0.1, -0.05) is 30.3 Å². The molecule has 5 N–H and O–H groups in total. The molecule has 0 aliphatic carbocycles. The van der Waals surface area contributed by atoms with Crippen LogP contribution >= 0.6 is 0 Å². The summed E-state index contributed by atoms with van der Waals surface area (Å²) in [7, 11) is 0. The number of phenolic OH excluding ortho intramolecular Hbond substituents is 2. The Morgan fingerprint density at radius 3 is 2.37 bits per heavy atom. The number of aliphatic hydroxyl groups is 3. The lowest BCUT2D eigenvalue weighted by Crippen LogP contribution is -2.38. The molecule has 0 amide bonds. The summed E-state index contributed by atoms with van der Waals surface area (Å²) in [6, 6.07) is 11.2. The van der Waals surface area contributed by atoms with Crippen molar-refractivity contribution < 1.29 is 39.4 Å². The van der Waals surface area contributed by atoms with Crippen LogP contribution in [-0.4, -0.2) is 56.2 Å². The summed E-state index contributed by atoms with van der Waals surface area (Å²) < 4.78 is 16.5. The molecule has 1 fully saturated rings. The summed E-state index contributed by atoms with van der Waals surface area (Å²) >= 11 is 0. The quantitative estimate of drug-likeness (QED) is 0.394. The topological polar surface area (TPSA) is 150 Å². The van der Waals surface area contributed by atoms with Gasteiger partial charge in [0.25, 0.3) is 0 Å². The van der Waals surface area contributed by atoms with Crippen molar-refractivity contribution in [2.45, 2.75) is 37.6 Å². The van der Waals surface area contributed by atoms with Crippen molar-refractivity contribution >= 4 is 11.0 Å². The molecule has 1 aromatic heterocycles. The number of aromatic hydroxyl groups is 2. The van der Waals surface area contributed by atoms with Crippen LogP contribution in [0.25, 0.3) is 22.3 Å². The number of fused-ring (bicyclic) bond motifs is 1. The third kappa shape index (κ3) is 3.37. The van der Waals surface area contributed by atoms with Gasteiger partial charge in [-0.05, 0) is 6.92 Å². The van der Waals surface area contributed by atoms with E-state index < -0.39 is 47.6 Å². The molecule has 9 nitrogen and oxygen atoms in total. The molecule has 1 aliphatic rings. The second kappa shape index (κ2) is 7.62. The lowest BCUT2D eigenvalue weighted by atomic mass is 10.1. The average molecular weight is 416 g/mol. The predicted molar refractivity (Wildman–Crippen MR) is 104 cm³/mol. The van der Waals surface area contributed by atoms with Gasteiger partial charge in [-0.2, -0.15) is 0 Å². The van der Waals surface area contributed by atoms with Gasteiger partial charge < -0.3 is 39.4 Å². The molecule has 1 saturated heterocycles. The number of hydrogen-bond acceptors (Lipinski definition) is 9. The maximum absolute atomic E-state index is 12.5. The Labute approximate surface area is 170 Å². The number of ether oxygens (including phenoxy) is 2. The Hall–Kier alpha value is -3.11. The molecule has 2 aromatic carbocycles. The van der Waals surface area contributed by atoms with Crippen LogP contribution in [-0.2, 0) is 4.74 Å². The van der Waals surface area contributed by atoms with Crippen molar-refractivity contribution in [1.82, 2.24) is 0 Å². The van der Waals surface area contributed by atoms with Crippen LogP contribution < -0.4 is 10.2 Å². The second-order valence-electron chi connectivity index (χ2n) is 7.09. The molecule has 5 atom stereocenters. The monoisotopic (exact) mass is 416 g/mol. The smallest absolute Gasteiger partial charge is 0.229 e. The van der Waals surface area contributed by atoms with Crippen LogP contribution in [0, 0.1) is 0 Å². The van der Waals surface area contributed by atoms with Crippen molar-refractivity contribution in [2.75, 3.05) is 0 Å². The van der Waals surface area contributed by atoms with E-state index in [0.717, 1.165) is 0 Å². The van der Waals surface area contributed by atoms with E-state index in [4.69, 9.17) is 13.9 Å². The van der Waals surface area contributed by atoms with Crippen LogP contribution in [0.15, 0.2) is 51.7 Å². The molecule has 1 aliphatic heterocycles. The summed E-state index contributed by atoms with van der Waals surface area (Å²) in [5.74, 6) is -1.61. The first kappa shape index (κ1) is 20.2. The normalized spacial score (nSPS) is 24.8. The number of benzene rings is 2. The zero-order valence-corrected chi connectivity index (χ0v) is 15.8.